The Morgan fingerprint density at radius 2 is 2.24 bits per heavy atom. The molecule has 0 radical (unpaired) electrons. The van der Waals surface area contributed by atoms with Crippen molar-refractivity contribution in [1.29, 1.82) is 0 Å². The second-order valence-corrected chi connectivity index (χ2v) is 6.72. The van der Waals surface area contributed by atoms with Crippen LogP contribution in [0.4, 0.5) is 4.39 Å². The molecule has 1 saturated heterocycles. The standard InChI is InChI=1S/C10H11BrFNO3S/c1-13(5-7-6-16-7)17(14,15)8-2-3-9(11)10(12)4-8/h2-4,7H,5-6H2,1H3. The van der Waals surface area contributed by atoms with Gasteiger partial charge in [-0.05, 0) is 34.1 Å². The molecule has 2 rings (SSSR count). The summed E-state index contributed by atoms with van der Waals surface area (Å²) in [6.07, 6.45) is -0.0323. The summed E-state index contributed by atoms with van der Waals surface area (Å²) in [6, 6.07) is 3.75. The van der Waals surface area contributed by atoms with E-state index in [1.807, 2.05) is 0 Å². The van der Waals surface area contributed by atoms with Crippen LogP contribution in [0, 0.1) is 5.82 Å². The Morgan fingerprint density at radius 1 is 1.59 bits per heavy atom. The average molecular weight is 324 g/mol. The zero-order valence-electron chi connectivity index (χ0n) is 9.06. The van der Waals surface area contributed by atoms with Crippen LogP contribution >= 0.6 is 15.9 Å². The van der Waals surface area contributed by atoms with Gasteiger partial charge in [-0.25, -0.2) is 12.8 Å². The Bertz CT molecular complexity index is 530. The minimum Gasteiger partial charge on any atom is -0.372 e. The first-order valence-electron chi connectivity index (χ1n) is 4.94. The second-order valence-electron chi connectivity index (χ2n) is 3.82. The number of epoxide rings is 1. The fourth-order valence-electron chi connectivity index (χ4n) is 1.38. The average Bonchev–Trinajstić information content (AvgIpc) is 3.05. The molecule has 1 aliphatic rings. The van der Waals surface area contributed by atoms with Crippen molar-refractivity contribution in [2.45, 2.75) is 11.0 Å². The highest BCUT2D eigenvalue weighted by molar-refractivity contribution is 9.10. The fraction of sp³-hybridized carbons (Fsp3) is 0.400. The summed E-state index contributed by atoms with van der Waals surface area (Å²) < 4.78 is 43.8. The lowest BCUT2D eigenvalue weighted by molar-refractivity contribution is 0.359. The number of rotatable bonds is 4. The van der Waals surface area contributed by atoms with Crippen LogP contribution < -0.4 is 0 Å². The molecular weight excluding hydrogens is 313 g/mol. The molecule has 1 aromatic rings. The molecule has 1 unspecified atom stereocenters. The molecule has 1 aliphatic heterocycles. The van der Waals surface area contributed by atoms with E-state index in [1.54, 1.807) is 0 Å². The highest BCUT2D eigenvalue weighted by Gasteiger charge is 2.30. The van der Waals surface area contributed by atoms with E-state index < -0.39 is 15.8 Å². The van der Waals surface area contributed by atoms with Gasteiger partial charge in [-0.3, -0.25) is 0 Å². The smallest absolute Gasteiger partial charge is 0.243 e. The van der Waals surface area contributed by atoms with Gasteiger partial charge in [-0.15, -0.1) is 0 Å². The molecule has 17 heavy (non-hydrogen) atoms. The lowest BCUT2D eigenvalue weighted by Gasteiger charge is -2.16. The monoisotopic (exact) mass is 323 g/mol. The molecule has 0 bridgehead atoms. The SMILES string of the molecule is CN(CC1CO1)S(=O)(=O)c1ccc(Br)c(F)c1. The maximum absolute atomic E-state index is 13.3. The van der Waals surface area contributed by atoms with Gasteiger partial charge in [-0.1, -0.05) is 0 Å². The van der Waals surface area contributed by atoms with Crippen LogP contribution in [-0.4, -0.2) is 39.0 Å². The summed E-state index contributed by atoms with van der Waals surface area (Å²) >= 11 is 2.98. The van der Waals surface area contributed by atoms with Crippen LogP contribution in [0.1, 0.15) is 0 Å². The Labute approximate surface area is 108 Å². The van der Waals surface area contributed by atoms with Gasteiger partial charge in [0.15, 0.2) is 0 Å². The lowest BCUT2D eigenvalue weighted by Crippen LogP contribution is -2.30. The molecule has 0 amide bonds. The van der Waals surface area contributed by atoms with Crippen molar-refractivity contribution in [3.8, 4) is 0 Å². The molecule has 0 aliphatic carbocycles. The normalized spacial score (nSPS) is 19.6. The first kappa shape index (κ1) is 12.9. The van der Waals surface area contributed by atoms with Gasteiger partial charge in [0.05, 0.1) is 22.1 Å². The van der Waals surface area contributed by atoms with Crippen LogP contribution in [0.5, 0.6) is 0 Å². The van der Waals surface area contributed by atoms with Gasteiger partial charge in [0, 0.05) is 13.6 Å². The van der Waals surface area contributed by atoms with Crippen LogP contribution in [0.15, 0.2) is 27.6 Å². The van der Waals surface area contributed by atoms with Crippen molar-refractivity contribution in [2.75, 3.05) is 20.2 Å². The van der Waals surface area contributed by atoms with Gasteiger partial charge in [0.2, 0.25) is 10.0 Å². The largest absolute Gasteiger partial charge is 0.372 e. The summed E-state index contributed by atoms with van der Waals surface area (Å²) in [5, 5.41) is 0. The van der Waals surface area contributed by atoms with Crippen molar-refractivity contribution < 1.29 is 17.5 Å². The van der Waals surface area contributed by atoms with Crippen molar-refractivity contribution in [3.63, 3.8) is 0 Å². The zero-order valence-corrected chi connectivity index (χ0v) is 11.5. The van der Waals surface area contributed by atoms with E-state index in [2.05, 4.69) is 15.9 Å². The number of ether oxygens (including phenoxy) is 1. The Kier molecular flexibility index (Phi) is 3.53. The lowest BCUT2D eigenvalue weighted by atomic mass is 10.3. The maximum Gasteiger partial charge on any atom is 0.243 e. The Hall–Kier alpha value is -0.500. The first-order valence-corrected chi connectivity index (χ1v) is 7.17. The Balaban J connectivity index is 2.26. The number of benzene rings is 1. The predicted molar refractivity (Wildman–Crippen MR) is 63.7 cm³/mol. The highest BCUT2D eigenvalue weighted by Crippen LogP contribution is 2.22. The van der Waals surface area contributed by atoms with E-state index in [-0.39, 0.29) is 15.5 Å². The van der Waals surface area contributed by atoms with Crippen LogP contribution in [-0.2, 0) is 14.8 Å². The van der Waals surface area contributed by atoms with Crippen molar-refractivity contribution in [3.05, 3.63) is 28.5 Å². The van der Waals surface area contributed by atoms with Crippen LogP contribution in [0.3, 0.4) is 0 Å². The van der Waals surface area contributed by atoms with Crippen LogP contribution in [0.2, 0.25) is 0 Å². The number of hydrogen-bond acceptors (Lipinski definition) is 3. The maximum atomic E-state index is 13.3. The van der Waals surface area contributed by atoms with Crippen molar-refractivity contribution >= 4 is 26.0 Å². The number of likely N-dealkylation sites (N-methyl/N-ethyl adjacent to an activating group) is 1. The minimum atomic E-state index is -3.64. The zero-order chi connectivity index (χ0) is 12.6. The van der Waals surface area contributed by atoms with E-state index in [4.69, 9.17) is 4.74 Å². The number of nitrogens with zero attached hydrogens (tertiary/aromatic N) is 1. The molecule has 0 saturated carbocycles. The molecule has 0 aromatic heterocycles. The second kappa shape index (κ2) is 4.64. The first-order chi connectivity index (χ1) is 7.91. The molecule has 1 atom stereocenters. The summed E-state index contributed by atoms with van der Waals surface area (Å²) in [4.78, 5) is -0.0543. The van der Waals surface area contributed by atoms with Gasteiger partial charge >= 0.3 is 0 Å². The molecule has 1 aromatic carbocycles. The quantitative estimate of drug-likeness (QED) is 0.791. The number of hydrogen-bond donors (Lipinski definition) is 0. The molecule has 1 fully saturated rings. The molecule has 0 N–H and O–H groups in total. The molecule has 1 heterocycles. The highest BCUT2D eigenvalue weighted by atomic mass is 79.9. The number of halogens is 2. The predicted octanol–water partition coefficient (Wildman–Crippen LogP) is 1.61. The summed E-state index contributed by atoms with van der Waals surface area (Å²) in [7, 11) is -2.19. The summed E-state index contributed by atoms with van der Waals surface area (Å²) in [5.74, 6) is -0.595. The summed E-state index contributed by atoms with van der Waals surface area (Å²) in [6.45, 7) is 0.870. The van der Waals surface area contributed by atoms with E-state index in [0.29, 0.717) is 13.2 Å². The van der Waals surface area contributed by atoms with Crippen molar-refractivity contribution in [2.24, 2.45) is 0 Å². The van der Waals surface area contributed by atoms with E-state index >= 15 is 0 Å². The Morgan fingerprint density at radius 3 is 2.76 bits per heavy atom. The third-order valence-electron chi connectivity index (χ3n) is 2.46. The van der Waals surface area contributed by atoms with Crippen molar-refractivity contribution in [1.82, 2.24) is 4.31 Å². The molecule has 4 nitrogen and oxygen atoms in total. The molecule has 94 valence electrons. The van der Waals surface area contributed by atoms with E-state index in [0.717, 1.165) is 6.07 Å². The topological polar surface area (TPSA) is 49.9 Å². The van der Waals surface area contributed by atoms with E-state index in [1.165, 1.54) is 23.5 Å². The van der Waals surface area contributed by atoms with Gasteiger partial charge in [0.1, 0.15) is 5.82 Å². The summed E-state index contributed by atoms with van der Waals surface area (Å²) in [5.41, 5.74) is 0. The molecular formula is C10H11BrFNO3S. The molecule has 7 heteroatoms. The fourth-order valence-corrected chi connectivity index (χ4v) is 2.84. The minimum absolute atomic E-state index is 0.0323. The van der Waals surface area contributed by atoms with Gasteiger partial charge in [0.25, 0.3) is 0 Å². The third-order valence-corrected chi connectivity index (χ3v) is 4.92. The molecule has 0 spiro atoms. The van der Waals surface area contributed by atoms with Crippen LogP contribution in [0.25, 0.3) is 0 Å². The van der Waals surface area contributed by atoms with E-state index in [9.17, 15) is 12.8 Å². The van der Waals surface area contributed by atoms with Gasteiger partial charge < -0.3 is 4.74 Å². The third kappa shape index (κ3) is 2.85. The van der Waals surface area contributed by atoms with Gasteiger partial charge in [-0.2, -0.15) is 4.31 Å². The number of sulfonamides is 1.